The third-order valence-corrected chi connectivity index (χ3v) is 4.44. The van der Waals surface area contributed by atoms with Crippen molar-refractivity contribution in [3.63, 3.8) is 0 Å². The van der Waals surface area contributed by atoms with E-state index in [4.69, 9.17) is 5.84 Å². The van der Waals surface area contributed by atoms with E-state index in [1.807, 2.05) is 0 Å². The molecule has 0 unspecified atom stereocenters. The van der Waals surface area contributed by atoms with Crippen molar-refractivity contribution in [3.8, 4) is 10.6 Å². The Kier molecular flexibility index (Phi) is 5.33. The topological polar surface area (TPSA) is 72.1 Å². The molecule has 0 spiro atoms. The van der Waals surface area contributed by atoms with Gasteiger partial charge in [-0.25, -0.2) is 15.8 Å². The maximum atomic E-state index is 12.6. The number of hydrogen-bond acceptors (Lipinski definition) is 5. The van der Waals surface area contributed by atoms with Gasteiger partial charge in [0.15, 0.2) is 5.82 Å². The zero-order chi connectivity index (χ0) is 19.4. The Hall–Kier alpha value is -3.04. The number of pyridine rings is 1. The van der Waals surface area contributed by atoms with Crippen LogP contribution in [-0.2, 0) is 11.0 Å². The third kappa shape index (κ3) is 4.57. The molecule has 0 saturated carbocycles. The maximum absolute atomic E-state index is 12.6. The second-order valence-electron chi connectivity index (χ2n) is 5.41. The number of anilines is 1. The Morgan fingerprint density at radius 1 is 1.11 bits per heavy atom. The third-order valence-electron chi connectivity index (χ3n) is 3.56. The van der Waals surface area contributed by atoms with Crippen LogP contribution in [0.4, 0.5) is 19.0 Å². The molecule has 0 aliphatic heterocycles. The number of benzene rings is 1. The van der Waals surface area contributed by atoms with E-state index >= 15 is 0 Å². The smallest absolute Gasteiger partial charge is 0.268 e. The predicted molar refractivity (Wildman–Crippen MR) is 97.5 cm³/mol. The highest BCUT2D eigenvalue weighted by Crippen LogP contribution is 2.32. The molecule has 3 rings (SSSR count). The molecule has 0 saturated heterocycles. The van der Waals surface area contributed by atoms with Crippen LogP contribution >= 0.6 is 11.3 Å². The van der Waals surface area contributed by atoms with Crippen molar-refractivity contribution in [1.29, 1.82) is 0 Å². The number of nitrogens with two attached hydrogens (primary N) is 1. The van der Waals surface area contributed by atoms with Crippen LogP contribution in [0, 0.1) is 0 Å². The lowest BCUT2D eigenvalue weighted by Crippen LogP contribution is -2.36. The number of alkyl halides is 3. The van der Waals surface area contributed by atoms with Crippen molar-refractivity contribution < 1.29 is 18.0 Å². The van der Waals surface area contributed by atoms with Crippen molar-refractivity contribution in [2.45, 2.75) is 6.18 Å². The number of hydrazine groups is 1. The molecule has 2 aromatic heterocycles. The predicted octanol–water partition coefficient (Wildman–Crippen LogP) is 4.14. The van der Waals surface area contributed by atoms with E-state index in [1.165, 1.54) is 29.5 Å². The lowest BCUT2D eigenvalue weighted by atomic mass is 10.1. The highest BCUT2D eigenvalue weighted by molar-refractivity contribution is 7.13. The summed E-state index contributed by atoms with van der Waals surface area (Å²) < 4.78 is 37.9. The van der Waals surface area contributed by atoms with Gasteiger partial charge in [0.05, 0.1) is 5.56 Å². The zero-order valence-electron chi connectivity index (χ0n) is 13.7. The van der Waals surface area contributed by atoms with E-state index in [2.05, 4.69) is 9.97 Å². The van der Waals surface area contributed by atoms with Crippen LogP contribution in [0.25, 0.3) is 16.6 Å². The molecule has 1 amide bonds. The molecule has 3 aromatic rings. The molecule has 0 aliphatic rings. The molecule has 0 bridgehead atoms. The molecule has 9 heteroatoms. The van der Waals surface area contributed by atoms with Crippen molar-refractivity contribution in [3.05, 3.63) is 71.4 Å². The molecule has 138 valence electrons. The molecule has 2 heterocycles. The second-order valence-corrected chi connectivity index (χ2v) is 6.27. The van der Waals surface area contributed by atoms with Gasteiger partial charge in [-0.05, 0) is 35.9 Å². The van der Waals surface area contributed by atoms with Crippen molar-refractivity contribution >= 4 is 29.1 Å². The number of hydrogen-bond donors (Lipinski definition) is 1. The van der Waals surface area contributed by atoms with E-state index < -0.39 is 17.6 Å². The Labute approximate surface area is 156 Å². The number of amides is 1. The van der Waals surface area contributed by atoms with E-state index in [0.717, 1.165) is 22.7 Å². The molecule has 0 radical (unpaired) electrons. The molecule has 0 atom stereocenters. The summed E-state index contributed by atoms with van der Waals surface area (Å²) in [6.45, 7) is 0. The average molecular weight is 390 g/mol. The number of rotatable bonds is 4. The van der Waals surface area contributed by atoms with Gasteiger partial charge in [-0.1, -0.05) is 12.1 Å². The summed E-state index contributed by atoms with van der Waals surface area (Å²) in [4.78, 5) is 20.3. The minimum atomic E-state index is -4.39. The summed E-state index contributed by atoms with van der Waals surface area (Å²) in [5.74, 6) is 5.51. The van der Waals surface area contributed by atoms with Crippen LogP contribution in [0.15, 0.2) is 60.2 Å². The van der Waals surface area contributed by atoms with Gasteiger partial charge in [-0.2, -0.15) is 13.2 Å². The number of thiazole rings is 1. The molecular formula is C18H13F3N4OS. The maximum Gasteiger partial charge on any atom is 0.416 e. The first kappa shape index (κ1) is 18.7. The van der Waals surface area contributed by atoms with Crippen LogP contribution in [0.1, 0.15) is 11.1 Å². The first-order valence-corrected chi connectivity index (χ1v) is 8.52. The lowest BCUT2D eigenvalue weighted by molar-refractivity contribution is -0.137. The van der Waals surface area contributed by atoms with E-state index in [1.54, 1.807) is 36.0 Å². The van der Waals surface area contributed by atoms with E-state index in [9.17, 15) is 18.0 Å². The SMILES string of the molecule is NN(C(=O)C=Cc1ccncc1)c1csc(-c2ccc(C(F)(F)F)cc2)n1. The van der Waals surface area contributed by atoms with Gasteiger partial charge in [0.1, 0.15) is 5.01 Å². The molecule has 27 heavy (non-hydrogen) atoms. The second kappa shape index (κ2) is 7.68. The van der Waals surface area contributed by atoms with Crippen molar-refractivity contribution in [2.75, 3.05) is 5.01 Å². The van der Waals surface area contributed by atoms with Gasteiger partial charge in [-0.15, -0.1) is 11.3 Å². The van der Waals surface area contributed by atoms with Crippen molar-refractivity contribution in [1.82, 2.24) is 9.97 Å². The van der Waals surface area contributed by atoms with Gasteiger partial charge in [0, 0.05) is 29.4 Å². The number of halogens is 3. The minimum Gasteiger partial charge on any atom is -0.268 e. The Morgan fingerprint density at radius 3 is 2.41 bits per heavy atom. The van der Waals surface area contributed by atoms with Crippen LogP contribution in [0.3, 0.4) is 0 Å². The largest absolute Gasteiger partial charge is 0.416 e. The van der Waals surface area contributed by atoms with Gasteiger partial charge < -0.3 is 0 Å². The Morgan fingerprint density at radius 2 is 1.78 bits per heavy atom. The molecular weight excluding hydrogens is 377 g/mol. The number of carbonyl (C=O) groups excluding carboxylic acids is 1. The van der Waals surface area contributed by atoms with Crippen LogP contribution in [-0.4, -0.2) is 15.9 Å². The van der Waals surface area contributed by atoms with Crippen LogP contribution in [0.2, 0.25) is 0 Å². The lowest BCUT2D eigenvalue weighted by Gasteiger charge is -2.10. The monoisotopic (exact) mass is 390 g/mol. The summed E-state index contributed by atoms with van der Waals surface area (Å²) in [5.41, 5.74) is 0.558. The van der Waals surface area contributed by atoms with Crippen molar-refractivity contribution in [2.24, 2.45) is 5.84 Å². The fraction of sp³-hybridized carbons (Fsp3) is 0.0556. The molecule has 0 aliphatic carbocycles. The summed E-state index contributed by atoms with van der Waals surface area (Å²) in [7, 11) is 0. The zero-order valence-corrected chi connectivity index (χ0v) is 14.5. The Bertz CT molecular complexity index is 953. The summed E-state index contributed by atoms with van der Waals surface area (Å²) in [5, 5.41) is 2.90. The van der Waals surface area contributed by atoms with E-state index in [-0.39, 0.29) is 5.82 Å². The molecule has 1 aromatic carbocycles. The summed E-state index contributed by atoms with van der Waals surface area (Å²) >= 11 is 1.18. The molecule has 5 nitrogen and oxygen atoms in total. The first-order chi connectivity index (χ1) is 12.8. The summed E-state index contributed by atoms with van der Waals surface area (Å²) in [6.07, 6.45) is 1.69. The molecule has 0 fully saturated rings. The quantitative estimate of drug-likeness (QED) is 0.314. The van der Waals surface area contributed by atoms with Gasteiger partial charge in [0.2, 0.25) is 0 Å². The van der Waals surface area contributed by atoms with Gasteiger partial charge >= 0.3 is 6.18 Å². The normalized spacial score (nSPS) is 11.7. The number of carbonyl (C=O) groups is 1. The van der Waals surface area contributed by atoms with E-state index in [0.29, 0.717) is 10.6 Å². The van der Waals surface area contributed by atoms with Gasteiger partial charge in [-0.3, -0.25) is 9.78 Å². The fourth-order valence-corrected chi connectivity index (χ4v) is 2.95. The van der Waals surface area contributed by atoms with Gasteiger partial charge in [0.25, 0.3) is 5.91 Å². The highest BCUT2D eigenvalue weighted by atomic mass is 32.1. The minimum absolute atomic E-state index is 0.208. The molecule has 2 N–H and O–H groups in total. The van der Waals surface area contributed by atoms with Crippen LogP contribution < -0.4 is 10.9 Å². The number of nitrogens with zero attached hydrogens (tertiary/aromatic N) is 3. The standard InChI is InChI=1S/C18H13F3N4OS/c19-18(20,21)14-4-2-13(3-5-14)17-24-15(11-27-17)25(22)16(26)6-1-12-7-9-23-10-8-12/h1-11H,22H2. The Balaban J connectivity index is 1.73. The fourth-order valence-electron chi connectivity index (χ4n) is 2.15. The first-order valence-electron chi connectivity index (χ1n) is 7.64. The number of aromatic nitrogens is 2. The average Bonchev–Trinajstić information content (AvgIpc) is 3.16. The highest BCUT2D eigenvalue weighted by Gasteiger charge is 2.30. The van der Waals surface area contributed by atoms with Crippen LogP contribution in [0.5, 0.6) is 0 Å². The summed E-state index contributed by atoms with van der Waals surface area (Å²) in [6, 6.07) is 8.10.